The molecule has 3 rings (SSSR count). The number of fused-ring (bicyclic) bond motifs is 1. The van der Waals surface area contributed by atoms with Gasteiger partial charge in [0, 0.05) is 42.7 Å². The summed E-state index contributed by atoms with van der Waals surface area (Å²) in [6.07, 6.45) is 7.34. The largest absolute Gasteiger partial charge is 0.323 e. The van der Waals surface area contributed by atoms with E-state index >= 15 is 0 Å². The molecule has 0 aromatic carbocycles. The topological polar surface area (TPSA) is 56.7 Å². The summed E-state index contributed by atoms with van der Waals surface area (Å²) in [7, 11) is 1.94. The number of nitrogens with zero attached hydrogens (tertiary/aromatic N) is 3. The third kappa shape index (κ3) is 2.16. The molecule has 0 saturated heterocycles. The van der Waals surface area contributed by atoms with Gasteiger partial charge in [-0.3, -0.25) is 9.67 Å². The van der Waals surface area contributed by atoms with Gasteiger partial charge >= 0.3 is 0 Å². The first-order chi connectivity index (χ1) is 9.16. The quantitative estimate of drug-likeness (QED) is 0.896. The van der Waals surface area contributed by atoms with E-state index in [2.05, 4.69) is 16.1 Å². The molecule has 2 atom stereocenters. The predicted molar refractivity (Wildman–Crippen MR) is 74.8 cm³/mol. The van der Waals surface area contributed by atoms with Gasteiger partial charge in [0.15, 0.2) is 0 Å². The molecular weight excluding hydrogens is 236 g/mol. The second-order valence-electron chi connectivity index (χ2n) is 5.42. The molecule has 4 heteroatoms. The summed E-state index contributed by atoms with van der Waals surface area (Å²) in [5.41, 5.74) is 11.2. The van der Waals surface area contributed by atoms with Crippen molar-refractivity contribution in [3.05, 3.63) is 47.0 Å². The monoisotopic (exact) mass is 256 g/mol. The molecule has 2 aromatic heterocycles. The van der Waals surface area contributed by atoms with Crippen molar-refractivity contribution in [3.8, 4) is 0 Å². The lowest BCUT2D eigenvalue weighted by atomic mass is 9.80. The van der Waals surface area contributed by atoms with Gasteiger partial charge in [0.1, 0.15) is 0 Å². The van der Waals surface area contributed by atoms with Gasteiger partial charge < -0.3 is 5.73 Å². The molecule has 4 nitrogen and oxygen atoms in total. The van der Waals surface area contributed by atoms with E-state index in [9.17, 15) is 0 Å². The van der Waals surface area contributed by atoms with Crippen LogP contribution in [0.4, 0.5) is 0 Å². The Hall–Kier alpha value is -1.68. The molecule has 0 spiro atoms. The highest BCUT2D eigenvalue weighted by molar-refractivity contribution is 5.31. The van der Waals surface area contributed by atoms with Crippen LogP contribution in [0.1, 0.15) is 47.3 Å². The van der Waals surface area contributed by atoms with Crippen LogP contribution in [-0.2, 0) is 13.5 Å². The first-order valence-electron chi connectivity index (χ1n) is 6.86. The Bertz CT molecular complexity index is 588. The van der Waals surface area contributed by atoms with Crippen molar-refractivity contribution in [1.29, 1.82) is 0 Å². The molecule has 19 heavy (non-hydrogen) atoms. The van der Waals surface area contributed by atoms with E-state index < -0.39 is 0 Å². The highest BCUT2D eigenvalue weighted by Gasteiger charge is 2.29. The molecule has 1 aliphatic carbocycles. The molecule has 0 amide bonds. The Labute approximate surface area is 113 Å². The summed E-state index contributed by atoms with van der Waals surface area (Å²) in [5, 5.41) is 4.40. The van der Waals surface area contributed by atoms with E-state index in [0.717, 1.165) is 24.1 Å². The van der Waals surface area contributed by atoms with Gasteiger partial charge in [-0.15, -0.1) is 0 Å². The lowest BCUT2D eigenvalue weighted by molar-refractivity contribution is 0.461. The van der Waals surface area contributed by atoms with Crippen molar-refractivity contribution in [2.45, 2.75) is 38.1 Å². The van der Waals surface area contributed by atoms with Crippen LogP contribution in [0.2, 0.25) is 0 Å². The first-order valence-corrected chi connectivity index (χ1v) is 6.86. The summed E-state index contributed by atoms with van der Waals surface area (Å²) in [4.78, 5) is 4.58. The number of hydrogen-bond donors (Lipinski definition) is 1. The molecular formula is C15H20N4. The fraction of sp³-hybridized carbons (Fsp3) is 0.467. The van der Waals surface area contributed by atoms with Crippen LogP contribution >= 0.6 is 0 Å². The highest BCUT2D eigenvalue weighted by Crippen LogP contribution is 2.38. The molecule has 0 bridgehead atoms. The molecule has 2 heterocycles. The van der Waals surface area contributed by atoms with Crippen LogP contribution in [0.25, 0.3) is 0 Å². The molecule has 1 aliphatic rings. The van der Waals surface area contributed by atoms with Crippen molar-refractivity contribution in [1.82, 2.24) is 14.8 Å². The fourth-order valence-electron chi connectivity index (χ4n) is 3.16. The minimum Gasteiger partial charge on any atom is -0.323 e. The van der Waals surface area contributed by atoms with Gasteiger partial charge in [-0.05, 0) is 37.8 Å². The Kier molecular flexibility index (Phi) is 3.11. The van der Waals surface area contributed by atoms with E-state index in [4.69, 9.17) is 5.73 Å². The number of pyridine rings is 1. The summed E-state index contributed by atoms with van der Waals surface area (Å²) in [6, 6.07) is 4.18. The van der Waals surface area contributed by atoms with Crippen molar-refractivity contribution in [2.24, 2.45) is 12.8 Å². The van der Waals surface area contributed by atoms with Crippen LogP contribution in [0.5, 0.6) is 0 Å². The Morgan fingerprint density at radius 2 is 2.32 bits per heavy atom. The lowest BCUT2D eigenvalue weighted by Gasteiger charge is -2.28. The van der Waals surface area contributed by atoms with Gasteiger partial charge in [-0.25, -0.2) is 0 Å². The van der Waals surface area contributed by atoms with Gasteiger partial charge in [0.05, 0.1) is 5.69 Å². The molecule has 0 fully saturated rings. The Morgan fingerprint density at radius 1 is 1.47 bits per heavy atom. The number of hydrogen-bond acceptors (Lipinski definition) is 3. The Morgan fingerprint density at radius 3 is 3.05 bits per heavy atom. The van der Waals surface area contributed by atoms with E-state index in [-0.39, 0.29) is 6.04 Å². The van der Waals surface area contributed by atoms with E-state index in [1.54, 1.807) is 0 Å². The average Bonchev–Trinajstić information content (AvgIpc) is 2.76. The summed E-state index contributed by atoms with van der Waals surface area (Å²) in [6.45, 7) is 2.03. The van der Waals surface area contributed by atoms with E-state index in [0.29, 0.717) is 5.92 Å². The van der Waals surface area contributed by atoms with Gasteiger partial charge in [-0.2, -0.15) is 5.10 Å². The van der Waals surface area contributed by atoms with Crippen molar-refractivity contribution >= 4 is 0 Å². The van der Waals surface area contributed by atoms with Gasteiger partial charge in [0.2, 0.25) is 0 Å². The van der Waals surface area contributed by atoms with E-state index in [1.807, 2.05) is 37.1 Å². The number of nitrogens with two attached hydrogens (primary N) is 1. The molecule has 0 saturated carbocycles. The summed E-state index contributed by atoms with van der Waals surface area (Å²) < 4.78 is 1.84. The van der Waals surface area contributed by atoms with Crippen LogP contribution in [0.3, 0.4) is 0 Å². The predicted octanol–water partition coefficient (Wildman–Crippen LogP) is 2.24. The molecule has 0 radical (unpaired) electrons. The zero-order valence-electron chi connectivity index (χ0n) is 11.5. The maximum absolute atomic E-state index is 6.51. The second-order valence-corrected chi connectivity index (χ2v) is 5.42. The van der Waals surface area contributed by atoms with Crippen LogP contribution < -0.4 is 5.73 Å². The zero-order chi connectivity index (χ0) is 13.4. The third-order valence-electron chi connectivity index (χ3n) is 4.08. The SMILES string of the molecule is Cc1nn(C)cc1C(N)C1CCCc2cccnc21. The molecule has 100 valence electrons. The van der Waals surface area contributed by atoms with Crippen LogP contribution in [0, 0.1) is 6.92 Å². The highest BCUT2D eigenvalue weighted by atomic mass is 15.2. The van der Waals surface area contributed by atoms with Crippen molar-refractivity contribution in [2.75, 3.05) is 0 Å². The average molecular weight is 256 g/mol. The fourth-order valence-corrected chi connectivity index (χ4v) is 3.16. The second kappa shape index (κ2) is 4.78. The third-order valence-corrected chi connectivity index (χ3v) is 4.08. The number of rotatable bonds is 2. The van der Waals surface area contributed by atoms with Crippen LogP contribution in [-0.4, -0.2) is 14.8 Å². The van der Waals surface area contributed by atoms with Gasteiger partial charge in [0.25, 0.3) is 0 Å². The molecule has 2 unspecified atom stereocenters. The zero-order valence-corrected chi connectivity index (χ0v) is 11.5. The Balaban J connectivity index is 1.97. The minimum absolute atomic E-state index is 0.0114. The molecule has 0 aliphatic heterocycles. The minimum atomic E-state index is -0.0114. The normalized spacial score (nSPS) is 20.1. The maximum atomic E-state index is 6.51. The van der Waals surface area contributed by atoms with Gasteiger partial charge in [-0.1, -0.05) is 6.07 Å². The number of aromatic nitrogens is 3. The molecule has 2 N–H and O–H groups in total. The van der Waals surface area contributed by atoms with Crippen molar-refractivity contribution in [3.63, 3.8) is 0 Å². The standard InChI is InChI=1S/C15H20N4/c1-10-13(9-19(2)18-10)14(16)12-7-3-5-11-6-4-8-17-15(11)12/h4,6,8-9,12,14H,3,5,7,16H2,1-2H3. The number of aryl methyl sites for hydroxylation is 3. The lowest BCUT2D eigenvalue weighted by Crippen LogP contribution is -2.24. The summed E-state index contributed by atoms with van der Waals surface area (Å²) in [5.74, 6) is 0.313. The smallest absolute Gasteiger partial charge is 0.0641 e. The van der Waals surface area contributed by atoms with Crippen molar-refractivity contribution < 1.29 is 0 Å². The first kappa shape index (κ1) is 12.4. The maximum Gasteiger partial charge on any atom is 0.0641 e. The van der Waals surface area contributed by atoms with Crippen LogP contribution in [0.15, 0.2) is 24.5 Å². The molecule has 2 aromatic rings. The summed E-state index contributed by atoms with van der Waals surface area (Å²) >= 11 is 0. The van der Waals surface area contributed by atoms with E-state index in [1.165, 1.54) is 17.7 Å².